The maximum Gasteiger partial charge on any atom is 0.416 e. The van der Waals surface area contributed by atoms with E-state index in [2.05, 4.69) is 10.1 Å². The molecular formula is C19H18F3N3O2. The maximum atomic E-state index is 12.8. The van der Waals surface area contributed by atoms with Gasteiger partial charge in [-0.15, -0.1) is 0 Å². The average Bonchev–Trinajstić information content (AvgIpc) is 3.01. The number of halogens is 3. The van der Waals surface area contributed by atoms with E-state index in [1.807, 2.05) is 20.8 Å². The Kier molecular flexibility index (Phi) is 4.20. The predicted octanol–water partition coefficient (Wildman–Crippen LogP) is 4.55. The summed E-state index contributed by atoms with van der Waals surface area (Å²) in [5.41, 5.74) is 3.02. The number of fused-ring (bicyclic) bond motifs is 1. The zero-order valence-corrected chi connectivity index (χ0v) is 15.0. The molecule has 1 aliphatic rings. The lowest BCUT2D eigenvalue weighted by atomic mass is 10.0. The number of ether oxygens (including phenoxy) is 2. The normalized spacial score (nSPS) is 21.3. The second-order valence-corrected chi connectivity index (χ2v) is 6.69. The van der Waals surface area contributed by atoms with Crippen LogP contribution >= 0.6 is 0 Å². The fourth-order valence-electron chi connectivity index (χ4n) is 3.38. The van der Waals surface area contributed by atoms with Crippen molar-refractivity contribution >= 4 is 5.65 Å². The summed E-state index contributed by atoms with van der Waals surface area (Å²) in [6, 6.07) is 5.00. The number of aryl methyl sites for hydroxylation is 1. The number of hydrogen-bond acceptors (Lipinski definition) is 4. The molecule has 27 heavy (non-hydrogen) atoms. The average molecular weight is 377 g/mol. The first-order chi connectivity index (χ1) is 12.8. The molecule has 0 saturated carbocycles. The van der Waals surface area contributed by atoms with E-state index >= 15 is 0 Å². The molecule has 0 spiro atoms. The van der Waals surface area contributed by atoms with Gasteiger partial charge in [0.05, 0.1) is 23.4 Å². The van der Waals surface area contributed by atoms with Crippen LogP contribution in [0.2, 0.25) is 0 Å². The third kappa shape index (κ3) is 3.08. The monoisotopic (exact) mass is 377 g/mol. The molecule has 4 rings (SSSR count). The van der Waals surface area contributed by atoms with Crippen LogP contribution in [0.1, 0.15) is 36.6 Å². The highest BCUT2D eigenvalue weighted by molar-refractivity contribution is 5.77. The highest BCUT2D eigenvalue weighted by atomic mass is 19.4. The minimum Gasteiger partial charge on any atom is -0.323 e. The van der Waals surface area contributed by atoms with Gasteiger partial charge in [0.25, 0.3) is 0 Å². The third-order valence-corrected chi connectivity index (χ3v) is 4.77. The van der Waals surface area contributed by atoms with Crippen molar-refractivity contribution in [2.45, 2.75) is 45.4 Å². The van der Waals surface area contributed by atoms with E-state index < -0.39 is 11.7 Å². The Bertz CT molecular complexity index is 976. The molecule has 1 aromatic carbocycles. The zero-order chi connectivity index (χ0) is 19.3. The Hall–Kier alpha value is -2.45. The molecule has 0 amide bonds. The molecule has 0 unspecified atom stereocenters. The topological polar surface area (TPSA) is 48.7 Å². The minimum absolute atomic E-state index is 0.0768. The molecule has 5 nitrogen and oxygen atoms in total. The number of rotatable bonds is 3. The number of nitrogens with zero attached hydrogens (tertiary/aromatic N) is 3. The highest BCUT2D eigenvalue weighted by Gasteiger charge is 2.35. The van der Waals surface area contributed by atoms with Crippen LogP contribution in [0.15, 0.2) is 36.7 Å². The van der Waals surface area contributed by atoms with Gasteiger partial charge in [-0.25, -0.2) is 9.50 Å². The first kappa shape index (κ1) is 17.9. The lowest BCUT2D eigenvalue weighted by Gasteiger charge is -2.38. The number of hydrogen-bond donors (Lipinski definition) is 0. The summed E-state index contributed by atoms with van der Waals surface area (Å²) in [4.78, 5) is 4.45. The van der Waals surface area contributed by atoms with Gasteiger partial charge in [0.2, 0.25) is 0 Å². The fourth-order valence-corrected chi connectivity index (χ4v) is 3.38. The van der Waals surface area contributed by atoms with Crippen molar-refractivity contribution in [3.8, 4) is 11.1 Å². The summed E-state index contributed by atoms with van der Waals surface area (Å²) in [6.45, 7) is 5.74. The van der Waals surface area contributed by atoms with Gasteiger partial charge in [0, 0.05) is 11.8 Å². The highest BCUT2D eigenvalue weighted by Crippen LogP contribution is 2.35. The van der Waals surface area contributed by atoms with Crippen LogP contribution in [0, 0.1) is 6.92 Å². The third-order valence-electron chi connectivity index (χ3n) is 4.77. The van der Waals surface area contributed by atoms with Gasteiger partial charge in [0.1, 0.15) is 0 Å². The van der Waals surface area contributed by atoms with Gasteiger partial charge < -0.3 is 9.47 Å². The van der Waals surface area contributed by atoms with E-state index in [1.165, 1.54) is 12.1 Å². The summed E-state index contributed by atoms with van der Waals surface area (Å²) in [5, 5.41) is 4.43. The Labute approximate surface area is 153 Å². The van der Waals surface area contributed by atoms with Crippen LogP contribution in [0.3, 0.4) is 0 Å². The van der Waals surface area contributed by atoms with Gasteiger partial charge in [-0.2, -0.15) is 18.3 Å². The van der Waals surface area contributed by atoms with Crippen LogP contribution in [-0.4, -0.2) is 27.2 Å². The van der Waals surface area contributed by atoms with Gasteiger partial charge in [-0.3, -0.25) is 0 Å². The van der Waals surface area contributed by atoms with Crippen molar-refractivity contribution in [2.75, 3.05) is 0 Å². The van der Waals surface area contributed by atoms with Gasteiger partial charge in [-0.05, 0) is 37.1 Å². The molecular weight excluding hydrogens is 359 g/mol. The van der Waals surface area contributed by atoms with Crippen LogP contribution in [0.25, 0.3) is 16.8 Å². The second kappa shape index (κ2) is 6.31. The van der Waals surface area contributed by atoms with Crippen molar-refractivity contribution < 1.29 is 22.6 Å². The van der Waals surface area contributed by atoms with Gasteiger partial charge >= 0.3 is 6.18 Å². The Balaban J connectivity index is 1.75. The standard InChI is InChI=1S/C19H18F3N3O2/c1-10-8-23-17-15(13-4-6-14(7-5-13)19(20,21)22)9-24-25(17)16(10)11(2)18-26-12(3)27-18/h4-9,11-12,18H,1-3H3/t11-,12?,18?/m0/s1. The quantitative estimate of drug-likeness (QED) is 0.672. The van der Waals surface area contributed by atoms with Gasteiger partial charge in [0.15, 0.2) is 18.2 Å². The molecule has 0 radical (unpaired) electrons. The molecule has 3 heterocycles. The van der Waals surface area contributed by atoms with E-state index in [-0.39, 0.29) is 18.5 Å². The van der Waals surface area contributed by atoms with E-state index in [4.69, 9.17) is 9.47 Å². The Morgan fingerprint density at radius 1 is 1.11 bits per heavy atom. The summed E-state index contributed by atoms with van der Waals surface area (Å²) >= 11 is 0. The van der Waals surface area contributed by atoms with E-state index in [0.29, 0.717) is 16.8 Å². The molecule has 1 saturated heterocycles. The lowest BCUT2D eigenvalue weighted by molar-refractivity contribution is -0.382. The minimum atomic E-state index is -4.36. The van der Waals surface area contributed by atoms with Crippen LogP contribution in [0.5, 0.6) is 0 Å². The predicted molar refractivity (Wildman–Crippen MR) is 92.0 cm³/mol. The number of aromatic nitrogens is 3. The summed E-state index contributed by atoms with van der Waals surface area (Å²) in [6.07, 6.45) is -1.60. The SMILES string of the molecule is Cc1cnc2c(-c3ccc(C(F)(F)F)cc3)cnn2c1[C@H](C)C1OC(C)O1. The maximum absolute atomic E-state index is 12.8. The molecule has 0 N–H and O–H groups in total. The smallest absolute Gasteiger partial charge is 0.323 e. The molecule has 2 aromatic heterocycles. The Morgan fingerprint density at radius 2 is 1.78 bits per heavy atom. The van der Waals surface area contributed by atoms with Crippen molar-refractivity contribution in [2.24, 2.45) is 0 Å². The molecule has 1 atom stereocenters. The molecule has 3 aromatic rings. The zero-order valence-electron chi connectivity index (χ0n) is 15.0. The summed E-state index contributed by atoms with van der Waals surface area (Å²) < 4.78 is 51.3. The van der Waals surface area contributed by atoms with Crippen molar-refractivity contribution in [1.29, 1.82) is 0 Å². The number of alkyl halides is 3. The van der Waals surface area contributed by atoms with Crippen molar-refractivity contribution in [3.05, 3.63) is 53.5 Å². The largest absolute Gasteiger partial charge is 0.416 e. The van der Waals surface area contributed by atoms with Crippen molar-refractivity contribution in [1.82, 2.24) is 14.6 Å². The van der Waals surface area contributed by atoms with E-state index in [9.17, 15) is 13.2 Å². The molecule has 8 heteroatoms. The van der Waals surface area contributed by atoms with E-state index in [0.717, 1.165) is 23.4 Å². The summed E-state index contributed by atoms with van der Waals surface area (Å²) in [5.74, 6) is -0.0768. The fraction of sp³-hybridized carbons (Fsp3) is 0.368. The molecule has 0 aliphatic carbocycles. The van der Waals surface area contributed by atoms with Gasteiger partial charge in [-0.1, -0.05) is 19.1 Å². The second-order valence-electron chi connectivity index (χ2n) is 6.69. The molecule has 1 fully saturated rings. The number of benzene rings is 1. The van der Waals surface area contributed by atoms with Crippen LogP contribution < -0.4 is 0 Å². The molecule has 1 aliphatic heterocycles. The summed E-state index contributed by atoms with van der Waals surface area (Å²) in [7, 11) is 0. The van der Waals surface area contributed by atoms with Crippen LogP contribution in [-0.2, 0) is 15.7 Å². The Morgan fingerprint density at radius 3 is 2.37 bits per heavy atom. The first-order valence-corrected chi connectivity index (χ1v) is 8.57. The molecule has 142 valence electrons. The van der Waals surface area contributed by atoms with E-state index in [1.54, 1.807) is 16.9 Å². The lowest BCUT2D eigenvalue weighted by Crippen LogP contribution is -2.42. The van der Waals surface area contributed by atoms with Crippen molar-refractivity contribution in [3.63, 3.8) is 0 Å². The first-order valence-electron chi connectivity index (χ1n) is 8.57. The van der Waals surface area contributed by atoms with Crippen LogP contribution in [0.4, 0.5) is 13.2 Å². The molecule has 0 bridgehead atoms.